The van der Waals surface area contributed by atoms with Crippen LogP contribution < -0.4 is 11.4 Å². The number of benzene rings is 2. The summed E-state index contributed by atoms with van der Waals surface area (Å²) in [5.41, 5.74) is 8.41. The van der Waals surface area contributed by atoms with Crippen LogP contribution in [0.15, 0.2) is 71.7 Å². The lowest BCUT2D eigenvalue weighted by Gasteiger charge is -2.24. The molecule has 0 spiro atoms. The molecular weight excluding hydrogens is 406 g/mol. The molecule has 1 aromatic heterocycles. The van der Waals surface area contributed by atoms with Crippen molar-refractivity contribution < 1.29 is 14.2 Å². The number of nitrogen functional groups attached to an aromatic ring is 1. The van der Waals surface area contributed by atoms with E-state index in [2.05, 4.69) is 4.98 Å². The fraction of sp³-hybridized carbons (Fsp3) is 0.360. The third kappa shape index (κ3) is 5.43. The van der Waals surface area contributed by atoms with Gasteiger partial charge in [0.1, 0.15) is 5.82 Å². The Hall–Kier alpha value is -3.00. The average Bonchev–Trinajstić information content (AvgIpc) is 3.20. The van der Waals surface area contributed by atoms with Crippen LogP contribution in [0.2, 0.25) is 0 Å². The predicted molar refractivity (Wildman–Crippen MR) is 122 cm³/mol. The Labute approximate surface area is 187 Å². The molecule has 0 aliphatic carbocycles. The van der Waals surface area contributed by atoms with Crippen molar-refractivity contribution in [3.8, 4) is 0 Å². The number of hydrogen-bond donors (Lipinski definition) is 1. The van der Waals surface area contributed by atoms with Crippen molar-refractivity contribution in [1.29, 1.82) is 0 Å². The van der Waals surface area contributed by atoms with E-state index in [0.717, 1.165) is 16.7 Å². The van der Waals surface area contributed by atoms with Gasteiger partial charge in [0.15, 0.2) is 0 Å². The molecule has 1 aliphatic heterocycles. The minimum atomic E-state index is -0.374. The monoisotopic (exact) mass is 435 g/mol. The zero-order valence-corrected chi connectivity index (χ0v) is 18.2. The maximum Gasteiger partial charge on any atom is 0.349 e. The molecular formula is C25H29N3O4. The second kappa shape index (κ2) is 10.5. The third-order valence-electron chi connectivity index (χ3n) is 5.80. The summed E-state index contributed by atoms with van der Waals surface area (Å²) in [7, 11) is 0. The molecule has 3 atom stereocenters. The molecule has 2 heterocycles. The SMILES string of the molecule is Cc1cn([C@H]2CO[C@@H](COCc3ccccc3)[C@@H]2COCc2ccccc2)c(=O)nc1N. The first-order valence-corrected chi connectivity index (χ1v) is 10.8. The predicted octanol–water partition coefficient (Wildman–Crippen LogP) is 3.12. The molecule has 2 aromatic carbocycles. The van der Waals surface area contributed by atoms with Gasteiger partial charge in [-0.1, -0.05) is 60.7 Å². The normalized spacial score (nSPS) is 20.5. The van der Waals surface area contributed by atoms with E-state index in [0.29, 0.717) is 33.0 Å². The summed E-state index contributed by atoms with van der Waals surface area (Å²) in [6.07, 6.45) is 1.57. The zero-order valence-electron chi connectivity index (χ0n) is 18.2. The highest BCUT2D eigenvalue weighted by Gasteiger charge is 2.39. The van der Waals surface area contributed by atoms with E-state index in [1.807, 2.05) is 67.6 Å². The van der Waals surface area contributed by atoms with Gasteiger partial charge in [-0.2, -0.15) is 4.98 Å². The fourth-order valence-corrected chi connectivity index (χ4v) is 3.96. The van der Waals surface area contributed by atoms with E-state index < -0.39 is 0 Å². The molecule has 1 saturated heterocycles. The summed E-state index contributed by atoms with van der Waals surface area (Å²) in [5.74, 6) is 0.196. The maximum absolute atomic E-state index is 12.6. The van der Waals surface area contributed by atoms with Crippen LogP contribution in [0.25, 0.3) is 0 Å². The Morgan fingerprint density at radius 1 is 1.00 bits per heavy atom. The summed E-state index contributed by atoms with van der Waals surface area (Å²) in [6, 6.07) is 19.8. The van der Waals surface area contributed by atoms with Crippen LogP contribution >= 0.6 is 0 Å². The van der Waals surface area contributed by atoms with Gasteiger partial charge in [0.25, 0.3) is 0 Å². The van der Waals surface area contributed by atoms with Gasteiger partial charge in [0.2, 0.25) is 0 Å². The molecule has 0 bridgehead atoms. The second-order valence-corrected chi connectivity index (χ2v) is 8.10. The number of ether oxygens (including phenoxy) is 3. The Morgan fingerprint density at radius 2 is 1.59 bits per heavy atom. The number of aromatic nitrogens is 2. The van der Waals surface area contributed by atoms with Crippen LogP contribution in [0.3, 0.4) is 0 Å². The summed E-state index contributed by atoms with van der Waals surface area (Å²) >= 11 is 0. The van der Waals surface area contributed by atoms with Gasteiger partial charge < -0.3 is 19.9 Å². The fourth-order valence-electron chi connectivity index (χ4n) is 3.96. The molecule has 168 valence electrons. The lowest BCUT2D eigenvalue weighted by molar-refractivity contribution is -0.0240. The van der Waals surface area contributed by atoms with Crippen molar-refractivity contribution in [2.45, 2.75) is 32.3 Å². The highest BCUT2D eigenvalue weighted by molar-refractivity contribution is 5.35. The lowest BCUT2D eigenvalue weighted by Crippen LogP contribution is -2.36. The van der Waals surface area contributed by atoms with Crippen LogP contribution in [0.4, 0.5) is 5.82 Å². The summed E-state index contributed by atoms with van der Waals surface area (Å²) in [6.45, 7) is 4.09. The summed E-state index contributed by atoms with van der Waals surface area (Å²) in [4.78, 5) is 16.5. The zero-order chi connectivity index (χ0) is 22.3. The molecule has 32 heavy (non-hydrogen) atoms. The number of aryl methyl sites for hydroxylation is 1. The smallest absolute Gasteiger partial charge is 0.349 e. The molecule has 4 rings (SSSR count). The van der Waals surface area contributed by atoms with Crippen LogP contribution in [0, 0.1) is 12.8 Å². The van der Waals surface area contributed by atoms with E-state index in [1.165, 1.54) is 0 Å². The highest BCUT2D eigenvalue weighted by Crippen LogP contribution is 2.32. The Morgan fingerprint density at radius 3 is 2.22 bits per heavy atom. The van der Waals surface area contributed by atoms with Crippen molar-refractivity contribution in [1.82, 2.24) is 9.55 Å². The molecule has 0 saturated carbocycles. The van der Waals surface area contributed by atoms with Crippen molar-refractivity contribution >= 4 is 5.82 Å². The van der Waals surface area contributed by atoms with Gasteiger partial charge in [-0.25, -0.2) is 4.79 Å². The summed E-state index contributed by atoms with van der Waals surface area (Å²) in [5, 5.41) is 0. The van der Waals surface area contributed by atoms with Gasteiger partial charge in [-0.3, -0.25) is 4.57 Å². The van der Waals surface area contributed by atoms with E-state index in [9.17, 15) is 4.79 Å². The quantitative estimate of drug-likeness (QED) is 0.556. The van der Waals surface area contributed by atoms with Crippen LogP contribution in [-0.2, 0) is 27.4 Å². The minimum Gasteiger partial charge on any atom is -0.383 e. The third-order valence-corrected chi connectivity index (χ3v) is 5.80. The molecule has 2 N–H and O–H groups in total. The number of hydrogen-bond acceptors (Lipinski definition) is 6. The molecule has 1 fully saturated rings. The number of rotatable bonds is 9. The highest BCUT2D eigenvalue weighted by atomic mass is 16.5. The Bertz CT molecular complexity index is 1060. The minimum absolute atomic E-state index is 0.0583. The van der Waals surface area contributed by atoms with E-state index in [1.54, 1.807) is 10.8 Å². The molecule has 7 heteroatoms. The first kappa shape index (κ1) is 22.2. The Kier molecular flexibility index (Phi) is 7.32. The molecule has 0 radical (unpaired) electrons. The van der Waals surface area contributed by atoms with Crippen molar-refractivity contribution in [3.63, 3.8) is 0 Å². The molecule has 0 amide bonds. The standard InChI is InChI=1S/C25H29N3O4/c1-18-12-28(25(29)27-24(18)26)22-16-32-23(17-31-14-20-10-6-3-7-11-20)21(22)15-30-13-19-8-4-2-5-9-19/h2-12,21-23H,13-17H2,1H3,(H2,26,27,29)/t21-,22+,23+/m1/s1. The van der Waals surface area contributed by atoms with Gasteiger partial charge >= 0.3 is 5.69 Å². The lowest BCUT2D eigenvalue weighted by atomic mass is 9.97. The number of nitrogens with two attached hydrogens (primary N) is 1. The molecule has 0 unspecified atom stereocenters. The largest absolute Gasteiger partial charge is 0.383 e. The average molecular weight is 436 g/mol. The van der Waals surface area contributed by atoms with Gasteiger partial charge in [0, 0.05) is 17.7 Å². The first-order chi connectivity index (χ1) is 15.6. The van der Waals surface area contributed by atoms with E-state index in [4.69, 9.17) is 19.9 Å². The first-order valence-electron chi connectivity index (χ1n) is 10.8. The molecule has 3 aromatic rings. The van der Waals surface area contributed by atoms with Crippen LogP contribution in [0.1, 0.15) is 22.7 Å². The van der Waals surface area contributed by atoms with Crippen LogP contribution in [0.5, 0.6) is 0 Å². The summed E-state index contributed by atoms with van der Waals surface area (Å²) < 4.78 is 19.7. The van der Waals surface area contributed by atoms with Crippen molar-refractivity contribution in [2.24, 2.45) is 5.92 Å². The molecule has 1 aliphatic rings. The van der Waals surface area contributed by atoms with E-state index >= 15 is 0 Å². The second-order valence-electron chi connectivity index (χ2n) is 8.10. The number of nitrogens with zero attached hydrogens (tertiary/aromatic N) is 2. The molecule has 7 nitrogen and oxygen atoms in total. The van der Waals surface area contributed by atoms with E-state index in [-0.39, 0.29) is 29.6 Å². The number of anilines is 1. The van der Waals surface area contributed by atoms with Crippen LogP contribution in [-0.4, -0.2) is 35.5 Å². The Balaban J connectivity index is 1.46. The van der Waals surface area contributed by atoms with Crippen molar-refractivity contribution in [3.05, 3.63) is 94.0 Å². The topological polar surface area (TPSA) is 88.6 Å². The van der Waals surface area contributed by atoms with Crippen molar-refractivity contribution in [2.75, 3.05) is 25.6 Å². The van der Waals surface area contributed by atoms with Gasteiger partial charge in [-0.15, -0.1) is 0 Å². The van der Waals surface area contributed by atoms with Gasteiger partial charge in [0.05, 0.1) is 45.2 Å². The van der Waals surface area contributed by atoms with Gasteiger partial charge in [-0.05, 0) is 18.1 Å². The maximum atomic E-state index is 12.6.